The van der Waals surface area contributed by atoms with Crippen LogP contribution in [0.4, 0.5) is 5.69 Å². The molecule has 0 atom stereocenters. The van der Waals surface area contributed by atoms with Crippen molar-refractivity contribution in [3.05, 3.63) is 28.2 Å². The third-order valence-electron chi connectivity index (χ3n) is 4.74. The summed E-state index contributed by atoms with van der Waals surface area (Å²) in [5.41, 5.74) is 2.85. The second-order valence-corrected chi connectivity index (χ2v) is 7.53. The van der Waals surface area contributed by atoms with Gasteiger partial charge in [-0.15, -0.1) is 0 Å². The zero-order valence-electron chi connectivity index (χ0n) is 13.1. The molecular formula is C17H26BrN3. The molecule has 1 aliphatic heterocycles. The number of hydrogen-bond donors (Lipinski definition) is 1. The van der Waals surface area contributed by atoms with E-state index in [9.17, 15) is 0 Å². The van der Waals surface area contributed by atoms with Gasteiger partial charge in [-0.3, -0.25) is 0 Å². The van der Waals surface area contributed by atoms with Crippen molar-refractivity contribution in [3.8, 4) is 0 Å². The van der Waals surface area contributed by atoms with E-state index < -0.39 is 0 Å². The molecule has 2 aliphatic rings. The van der Waals surface area contributed by atoms with E-state index in [1.165, 1.54) is 41.4 Å². The molecule has 3 nitrogen and oxygen atoms in total. The van der Waals surface area contributed by atoms with Gasteiger partial charge in [-0.2, -0.15) is 0 Å². The Labute approximate surface area is 136 Å². The molecule has 1 N–H and O–H groups in total. The van der Waals surface area contributed by atoms with Gasteiger partial charge in [0, 0.05) is 41.9 Å². The summed E-state index contributed by atoms with van der Waals surface area (Å²) in [5, 5.41) is 3.65. The van der Waals surface area contributed by atoms with E-state index in [-0.39, 0.29) is 0 Å². The second kappa shape index (κ2) is 6.67. The molecule has 1 aromatic rings. The molecule has 4 heteroatoms. The first-order valence-electron chi connectivity index (χ1n) is 8.06. The monoisotopic (exact) mass is 351 g/mol. The average molecular weight is 352 g/mol. The summed E-state index contributed by atoms with van der Waals surface area (Å²) in [6, 6.07) is 8.23. The molecule has 1 aromatic carbocycles. The maximum absolute atomic E-state index is 3.65. The summed E-state index contributed by atoms with van der Waals surface area (Å²) in [5.74, 6) is 0. The van der Waals surface area contributed by atoms with Crippen molar-refractivity contribution in [2.75, 3.05) is 32.1 Å². The zero-order valence-corrected chi connectivity index (χ0v) is 14.7. The summed E-state index contributed by atoms with van der Waals surface area (Å²) in [6.45, 7) is 3.33. The van der Waals surface area contributed by atoms with Gasteiger partial charge in [0.15, 0.2) is 0 Å². The van der Waals surface area contributed by atoms with E-state index in [0.717, 1.165) is 31.7 Å². The van der Waals surface area contributed by atoms with Crippen molar-refractivity contribution in [1.82, 2.24) is 10.2 Å². The van der Waals surface area contributed by atoms with Gasteiger partial charge in [0.1, 0.15) is 0 Å². The van der Waals surface area contributed by atoms with Crippen LogP contribution in [0.15, 0.2) is 22.7 Å². The molecule has 0 spiro atoms. The molecule has 0 unspecified atom stereocenters. The van der Waals surface area contributed by atoms with Crippen molar-refractivity contribution in [1.29, 1.82) is 0 Å². The molecule has 1 saturated heterocycles. The van der Waals surface area contributed by atoms with E-state index in [1.807, 2.05) is 0 Å². The number of halogens is 1. The van der Waals surface area contributed by atoms with Crippen LogP contribution in [0.3, 0.4) is 0 Å². The van der Waals surface area contributed by atoms with Crippen molar-refractivity contribution in [2.24, 2.45) is 0 Å². The normalized spacial score (nSPS) is 20.3. The lowest BCUT2D eigenvalue weighted by Gasteiger charge is -2.37. The van der Waals surface area contributed by atoms with Crippen LogP contribution in [-0.2, 0) is 6.54 Å². The molecule has 0 amide bonds. The first kappa shape index (κ1) is 15.3. The summed E-state index contributed by atoms with van der Waals surface area (Å²) >= 11 is 3.64. The Morgan fingerprint density at radius 3 is 2.52 bits per heavy atom. The van der Waals surface area contributed by atoms with Crippen molar-refractivity contribution in [3.63, 3.8) is 0 Å². The number of benzene rings is 1. The highest BCUT2D eigenvalue weighted by Gasteiger charge is 2.24. The van der Waals surface area contributed by atoms with Crippen LogP contribution in [0, 0.1) is 0 Å². The lowest BCUT2D eigenvalue weighted by molar-refractivity contribution is 0.249. The van der Waals surface area contributed by atoms with Gasteiger partial charge in [0.05, 0.1) is 0 Å². The first-order chi connectivity index (χ1) is 10.1. The fraction of sp³-hybridized carbons (Fsp3) is 0.647. The third kappa shape index (κ3) is 3.99. The number of rotatable bonds is 5. The Balaban J connectivity index is 1.69. The number of nitrogens with one attached hydrogen (secondary N) is 1. The van der Waals surface area contributed by atoms with Crippen molar-refractivity contribution < 1.29 is 0 Å². The molecule has 21 heavy (non-hydrogen) atoms. The summed E-state index contributed by atoms with van der Waals surface area (Å²) < 4.78 is 1.18. The van der Waals surface area contributed by atoms with Gasteiger partial charge in [0.2, 0.25) is 0 Å². The van der Waals surface area contributed by atoms with Crippen LogP contribution in [0.2, 0.25) is 0 Å². The smallest absolute Gasteiger partial charge is 0.0423 e. The van der Waals surface area contributed by atoms with Gasteiger partial charge in [-0.1, -0.05) is 22.0 Å². The summed E-state index contributed by atoms with van der Waals surface area (Å²) in [6.07, 6.45) is 5.21. The summed E-state index contributed by atoms with van der Waals surface area (Å²) in [7, 11) is 4.40. The fourth-order valence-electron chi connectivity index (χ4n) is 3.15. The Morgan fingerprint density at radius 2 is 1.90 bits per heavy atom. The van der Waals surface area contributed by atoms with Crippen molar-refractivity contribution in [2.45, 2.75) is 44.3 Å². The standard InChI is InChI=1S/C17H26BrN3/c1-20(2)16-7-9-21(10-8-16)17-11-14(18)4-3-13(17)12-19-15-5-6-15/h3-4,11,15-16,19H,5-10,12H2,1-2H3. The Bertz CT molecular complexity index is 477. The molecule has 2 fully saturated rings. The van der Waals surface area contributed by atoms with Gasteiger partial charge in [-0.25, -0.2) is 0 Å². The van der Waals surface area contributed by atoms with Crippen LogP contribution < -0.4 is 10.2 Å². The van der Waals surface area contributed by atoms with Gasteiger partial charge >= 0.3 is 0 Å². The SMILES string of the molecule is CN(C)C1CCN(c2cc(Br)ccc2CNC2CC2)CC1. The lowest BCUT2D eigenvalue weighted by Crippen LogP contribution is -2.42. The largest absolute Gasteiger partial charge is 0.371 e. The van der Waals surface area contributed by atoms with E-state index in [2.05, 4.69) is 63.3 Å². The van der Waals surface area contributed by atoms with E-state index in [4.69, 9.17) is 0 Å². The highest BCUT2D eigenvalue weighted by molar-refractivity contribution is 9.10. The molecule has 0 radical (unpaired) electrons. The zero-order chi connectivity index (χ0) is 14.8. The number of piperidine rings is 1. The Morgan fingerprint density at radius 1 is 1.19 bits per heavy atom. The molecule has 0 bridgehead atoms. The van der Waals surface area contributed by atoms with Crippen molar-refractivity contribution >= 4 is 21.6 Å². The number of anilines is 1. The van der Waals surface area contributed by atoms with E-state index in [1.54, 1.807) is 0 Å². The van der Waals surface area contributed by atoms with Crippen LogP contribution in [0.5, 0.6) is 0 Å². The maximum Gasteiger partial charge on any atom is 0.0423 e. The molecule has 3 rings (SSSR count). The van der Waals surface area contributed by atoms with E-state index in [0.29, 0.717) is 0 Å². The maximum atomic E-state index is 3.65. The highest BCUT2D eigenvalue weighted by Crippen LogP contribution is 2.29. The number of hydrogen-bond acceptors (Lipinski definition) is 3. The Hall–Kier alpha value is -0.580. The van der Waals surface area contributed by atoms with Crippen LogP contribution in [0.25, 0.3) is 0 Å². The highest BCUT2D eigenvalue weighted by atomic mass is 79.9. The second-order valence-electron chi connectivity index (χ2n) is 6.61. The van der Waals surface area contributed by atoms with Gasteiger partial charge < -0.3 is 15.1 Å². The predicted molar refractivity (Wildman–Crippen MR) is 92.9 cm³/mol. The van der Waals surface area contributed by atoms with Gasteiger partial charge in [-0.05, 0) is 57.5 Å². The topological polar surface area (TPSA) is 18.5 Å². The minimum absolute atomic E-state index is 0.737. The minimum atomic E-state index is 0.737. The van der Waals surface area contributed by atoms with Crippen LogP contribution >= 0.6 is 15.9 Å². The minimum Gasteiger partial charge on any atom is -0.371 e. The average Bonchev–Trinajstić information content (AvgIpc) is 3.30. The molecular weight excluding hydrogens is 326 g/mol. The quantitative estimate of drug-likeness (QED) is 0.878. The lowest BCUT2D eigenvalue weighted by atomic mass is 10.0. The fourth-order valence-corrected chi connectivity index (χ4v) is 3.49. The molecule has 1 aliphatic carbocycles. The molecule has 1 saturated carbocycles. The number of nitrogens with zero attached hydrogens (tertiary/aromatic N) is 2. The van der Waals surface area contributed by atoms with E-state index >= 15 is 0 Å². The molecule has 0 aromatic heterocycles. The van der Waals surface area contributed by atoms with Crippen LogP contribution in [-0.4, -0.2) is 44.2 Å². The third-order valence-corrected chi connectivity index (χ3v) is 5.23. The van der Waals surface area contributed by atoms with Gasteiger partial charge in [0.25, 0.3) is 0 Å². The Kier molecular flexibility index (Phi) is 4.87. The molecule has 1 heterocycles. The van der Waals surface area contributed by atoms with Crippen LogP contribution in [0.1, 0.15) is 31.2 Å². The predicted octanol–water partition coefficient (Wildman–Crippen LogP) is 3.23. The summed E-state index contributed by atoms with van der Waals surface area (Å²) in [4.78, 5) is 4.93. The first-order valence-corrected chi connectivity index (χ1v) is 8.86. The molecule has 116 valence electrons.